The largest absolute Gasteiger partial charge is 0.508 e. The van der Waals surface area contributed by atoms with Crippen LogP contribution in [-0.4, -0.2) is 42.4 Å². The van der Waals surface area contributed by atoms with Crippen LogP contribution in [0, 0.1) is 0 Å². The number of rotatable bonds is 6. The highest BCUT2D eigenvalue weighted by Gasteiger charge is 2.34. The van der Waals surface area contributed by atoms with E-state index in [9.17, 15) is 18.3 Å². The number of amides is 1. The van der Waals surface area contributed by atoms with Crippen molar-refractivity contribution in [2.24, 2.45) is 0 Å². The number of carbonyl (C=O) groups excluding carboxylic acids is 1. The summed E-state index contributed by atoms with van der Waals surface area (Å²) in [6.07, 6.45) is 0.634. The fourth-order valence-electron chi connectivity index (χ4n) is 4.69. The molecule has 4 aromatic rings. The van der Waals surface area contributed by atoms with Crippen molar-refractivity contribution in [2.45, 2.75) is 23.8 Å². The molecule has 0 radical (unpaired) electrons. The minimum absolute atomic E-state index is 0.00275. The molecule has 2 heterocycles. The van der Waals surface area contributed by atoms with Gasteiger partial charge in [0.2, 0.25) is 15.9 Å². The molecule has 1 aliphatic heterocycles. The Morgan fingerprint density at radius 3 is 2.66 bits per heavy atom. The second-order valence-corrected chi connectivity index (χ2v) is 10.7. The molecule has 7 nitrogen and oxygen atoms in total. The van der Waals surface area contributed by atoms with E-state index in [4.69, 9.17) is 11.6 Å². The second kappa shape index (κ2) is 9.37. The van der Waals surface area contributed by atoms with Crippen LogP contribution in [0.3, 0.4) is 0 Å². The molecular weight excluding hydrogens is 486 g/mol. The van der Waals surface area contributed by atoms with Gasteiger partial charge in [0.05, 0.1) is 10.9 Å². The zero-order valence-electron chi connectivity index (χ0n) is 18.7. The Hall–Kier alpha value is -3.33. The van der Waals surface area contributed by atoms with E-state index in [1.54, 1.807) is 41.3 Å². The quantitative estimate of drug-likeness (QED) is 0.359. The predicted molar refractivity (Wildman–Crippen MR) is 135 cm³/mol. The lowest BCUT2D eigenvalue weighted by atomic mass is 9.92. The van der Waals surface area contributed by atoms with E-state index in [2.05, 4.69) is 9.71 Å². The van der Waals surface area contributed by atoms with Crippen molar-refractivity contribution < 1.29 is 18.3 Å². The van der Waals surface area contributed by atoms with Crippen LogP contribution in [-0.2, 0) is 21.2 Å². The summed E-state index contributed by atoms with van der Waals surface area (Å²) in [7, 11) is -3.70. The van der Waals surface area contributed by atoms with Crippen molar-refractivity contribution in [1.29, 1.82) is 0 Å². The molecule has 0 saturated carbocycles. The maximum absolute atomic E-state index is 13.4. The molecule has 0 fully saturated rings. The summed E-state index contributed by atoms with van der Waals surface area (Å²) in [4.78, 5) is 18.7. The van der Waals surface area contributed by atoms with E-state index < -0.39 is 16.1 Å². The van der Waals surface area contributed by atoms with E-state index in [1.165, 1.54) is 12.1 Å². The molecule has 0 saturated heterocycles. The maximum atomic E-state index is 13.4. The molecule has 3 N–H and O–H groups in total. The minimum atomic E-state index is -3.70. The van der Waals surface area contributed by atoms with Crippen LogP contribution in [0.1, 0.15) is 29.3 Å². The normalized spacial score (nSPS) is 15.8. The number of phenols is 1. The predicted octanol–water partition coefficient (Wildman–Crippen LogP) is 4.37. The number of fused-ring (bicyclic) bond motifs is 3. The van der Waals surface area contributed by atoms with Gasteiger partial charge in [-0.05, 0) is 60.0 Å². The molecule has 5 rings (SSSR count). The lowest BCUT2D eigenvalue weighted by Gasteiger charge is -2.36. The molecule has 1 aliphatic rings. The zero-order valence-corrected chi connectivity index (χ0v) is 20.3. The molecule has 1 amide bonds. The first-order valence-corrected chi connectivity index (χ1v) is 13.1. The van der Waals surface area contributed by atoms with Crippen LogP contribution >= 0.6 is 11.6 Å². The van der Waals surface area contributed by atoms with E-state index in [0.717, 1.165) is 27.7 Å². The van der Waals surface area contributed by atoms with Gasteiger partial charge in [-0.15, -0.1) is 0 Å². The van der Waals surface area contributed by atoms with Gasteiger partial charge in [0.15, 0.2) is 0 Å². The van der Waals surface area contributed by atoms with E-state index in [-0.39, 0.29) is 29.5 Å². The van der Waals surface area contributed by atoms with Crippen LogP contribution in [0.5, 0.6) is 5.75 Å². The Labute approximate surface area is 208 Å². The molecule has 0 aliphatic carbocycles. The van der Waals surface area contributed by atoms with Crippen LogP contribution in [0.2, 0.25) is 5.02 Å². The highest BCUT2D eigenvalue weighted by atomic mass is 35.5. The summed E-state index contributed by atoms with van der Waals surface area (Å²) < 4.78 is 27.6. The van der Waals surface area contributed by atoms with Gasteiger partial charge in [-0.2, -0.15) is 0 Å². The van der Waals surface area contributed by atoms with Gasteiger partial charge in [0.25, 0.3) is 0 Å². The number of nitrogens with one attached hydrogen (secondary N) is 2. The van der Waals surface area contributed by atoms with Gasteiger partial charge in [-0.3, -0.25) is 4.79 Å². The average molecular weight is 510 g/mol. The van der Waals surface area contributed by atoms with Crippen molar-refractivity contribution >= 4 is 38.4 Å². The monoisotopic (exact) mass is 509 g/mol. The molecule has 180 valence electrons. The summed E-state index contributed by atoms with van der Waals surface area (Å²) in [5, 5.41) is 11.8. The number of H-pyrrole nitrogens is 1. The van der Waals surface area contributed by atoms with E-state index in [1.807, 2.05) is 24.3 Å². The molecule has 35 heavy (non-hydrogen) atoms. The van der Waals surface area contributed by atoms with Gasteiger partial charge in [0.1, 0.15) is 5.75 Å². The smallest absolute Gasteiger partial charge is 0.240 e. The number of hydrogen-bond acceptors (Lipinski definition) is 4. The Kier molecular flexibility index (Phi) is 6.27. The minimum Gasteiger partial charge on any atom is -0.508 e. The third-order valence-electron chi connectivity index (χ3n) is 6.28. The summed E-state index contributed by atoms with van der Waals surface area (Å²) >= 11 is 6.24. The Morgan fingerprint density at radius 1 is 1.09 bits per heavy atom. The first kappa shape index (κ1) is 23.4. The number of hydrogen-bond donors (Lipinski definition) is 3. The molecule has 9 heteroatoms. The average Bonchev–Trinajstić information content (AvgIpc) is 3.21. The van der Waals surface area contributed by atoms with Gasteiger partial charge in [-0.1, -0.05) is 41.9 Å². The first-order chi connectivity index (χ1) is 16.8. The fraction of sp³-hybridized carbons (Fsp3) is 0.192. The molecule has 0 bridgehead atoms. The molecule has 1 atom stereocenters. The number of sulfonamides is 1. The molecule has 1 aromatic heterocycles. The fourth-order valence-corrected chi connectivity index (χ4v) is 5.91. The van der Waals surface area contributed by atoms with Crippen molar-refractivity contribution in [2.75, 3.05) is 13.1 Å². The lowest BCUT2D eigenvalue weighted by Crippen LogP contribution is -2.42. The van der Waals surface area contributed by atoms with Crippen LogP contribution < -0.4 is 4.72 Å². The molecule has 1 unspecified atom stereocenters. The van der Waals surface area contributed by atoms with E-state index >= 15 is 0 Å². The highest BCUT2D eigenvalue weighted by molar-refractivity contribution is 7.89. The summed E-state index contributed by atoms with van der Waals surface area (Å²) in [5.41, 5.74) is 3.65. The first-order valence-electron chi connectivity index (χ1n) is 11.3. The Balaban J connectivity index is 1.43. The Morgan fingerprint density at radius 2 is 1.89 bits per heavy atom. The number of benzene rings is 3. The molecule has 3 aromatic carbocycles. The standard InChI is InChI=1S/C26H24ClN3O4S/c27-18-9-10-23-22(16-18)21-12-14-30(26(25(21)29-23)17-5-4-6-19(31)15-17)24(32)11-13-28-35(33,34)20-7-2-1-3-8-20/h1-10,15-16,26,28-29,31H,11-14H2. The molecule has 0 spiro atoms. The summed E-state index contributed by atoms with van der Waals surface area (Å²) in [6.45, 7) is 0.436. The second-order valence-electron chi connectivity index (χ2n) is 8.50. The number of halogens is 1. The van der Waals surface area contributed by atoms with Gasteiger partial charge in [0, 0.05) is 41.1 Å². The zero-order chi connectivity index (χ0) is 24.6. The highest BCUT2D eigenvalue weighted by Crippen LogP contribution is 2.40. The van der Waals surface area contributed by atoms with Crippen LogP contribution in [0.25, 0.3) is 10.9 Å². The van der Waals surface area contributed by atoms with Crippen molar-refractivity contribution in [1.82, 2.24) is 14.6 Å². The SMILES string of the molecule is O=C(CCNS(=O)(=O)c1ccccc1)N1CCc2c([nH]c3ccc(Cl)cc23)C1c1cccc(O)c1. The lowest BCUT2D eigenvalue weighted by molar-refractivity contribution is -0.133. The van der Waals surface area contributed by atoms with Crippen LogP contribution in [0.4, 0.5) is 0 Å². The number of aromatic hydroxyl groups is 1. The van der Waals surface area contributed by atoms with E-state index in [0.29, 0.717) is 18.0 Å². The third-order valence-corrected chi connectivity index (χ3v) is 7.99. The van der Waals surface area contributed by atoms with Gasteiger partial charge in [-0.25, -0.2) is 13.1 Å². The van der Waals surface area contributed by atoms with Crippen molar-refractivity contribution in [3.8, 4) is 5.75 Å². The topological polar surface area (TPSA) is 103 Å². The molecular formula is C26H24ClN3O4S. The summed E-state index contributed by atoms with van der Waals surface area (Å²) in [5.74, 6) is -0.0757. The van der Waals surface area contributed by atoms with Crippen molar-refractivity contribution in [3.05, 3.63) is 94.6 Å². The number of aromatic nitrogens is 1. The van der Waals surface area contributed by atoms with Gasteiger partial charge < -0.3 is 15.0 Å². The van der Waals surface area contributed by atoms with Gasteiger partial charge >= 0.3 is 0 Å². The Bertz CT molecular complexity index is 1500. The van der Waals surface area contributed by atoms with Crippen molar-refractivity contribution in [3.63, 3.8) is 0 Å². The number of nitrogens with zero attached hydrogens (tertiary/aromatic N) is 1. The number of aromatic amines is 1. The summed E-state index contributed by atoms with van der Waals surface area (Å²) in [6, 6.07) is 20.1. The maximum Gasteiger partial charge on any atom is 0.240 e. The third kappa shape index (κ3) is 4.65. The number of phenolic OH excluding ortho intramolecular Hbond substituents is 1. The van der Waals surface area contributed by atoms with Crippen LogP contribution in [0.15, 0.2) is 77.7 Å². The number of carbonyl (C=O) groups is 1.